The van der Waals surface area contributed by atoms with E-state index in [1.165, 1.54) is 12.1 Å². The number of hydrogen-bond acceptors (Lipinski definition) is 5. The smallest absolute Gasteiger partial charge is 0.273 e. The van der Waals surface area contributed by atoms with E-state index in [0.29, 0.717) is 17.1 Å². The Morgan fingerprint density at radius 2 is 1.94 bits per heavy atom. The zero-order chi connectivity index (χ0) is 25.3. The minimum Gasteiger partial charge on any atom is -0.497 e. The lowest BCUT2D eigenvalue weighted by Gasteiger charge is -2.43. The maximum atomic E-state index is 13.8. The van der Waals surface area contributed by atoms with Gasteiger partial charge in [0, 0.05) is 13.1 Å². The SMILES string of the molecule is COc1cccc(CN2C(=O)c3cc(-c4cccs4)nn3C[C@]2(C)C(=O)NCc2ccc(F)cc2)c1. The van der Waals surface area contributed by atoms with E-state index in [1.807, 2.05) is 41.8 Å². The molecule has 36 heavy (non-hydrogen) atoms. The van der Waals surface area contributed by atoms with Crippen LogP contribution < -0.4 is 10.1 Å². The number of hydrogen-bond donors (Lipinski definition) is 1. The van der Waals surface area contributed by atoms with Gasteiger partial charge in [0.25, 0.3) is 5.91 Å². The topological polar surface area (TPSA) is 76.5 Å². The second kappa shape index (κ2) is 9.58. The molecule has 0 saturated heterocycles. The molecule has 184 valence electrons. The van der Waals surface area contributed by atoms with Gasteiger partial charge in [0.2, 0.25) is 5.91 Å². The standard InChI is InChI=1S/C27H25FN4O3S/c1-27(26(34)29-15-18-8-10-20(28)11-9-18)17-32-23(14-22(30-32)24-7-4-12-36-24)25(33)31(27)16-19-5-3-6-21(13-19)35-2/h3-14H,15-17H2,1-2H3,(H,29,34)/t27-/m1/s1. The summed E-state index contributed by atoms with van der Waals surface area (Å²) in [5.41, 5.74) is 1.52. The van der Waals surface area contributed by atoms with Crippen LogP contribution in [0, 0.1) is 5.82 Å². The van der Waals surface area contributed by atoms with Crippen LogP contribution in [0.25, 0.3) is 10.6 Å². The molecule has 9 heteroatoms. The van der Waals surface area contributed by atoms with E-state index >= 15 is 0 Å². The van der Waals surface area contributed by atoms with Crippen LogP contribution in [0.5, 0.6) is 5.75 Å². The Hall–Kier alpha value is -3.98. The predicted octanol–water partition coefficient (Wildman–Crippen LogP) is 4.49. The van der Waals surface area contributed by atoms with Gasteiger partial charge in [-0.15, -0.1) is 11.3 Å². The highest BCUT2D eigenvalue weighted by atomic mass is 32.1. The van der Waals surface area contributed by atoms with Gasteiger partial charge in [-0.3, -0.25) is 14.3 Å². The number of halogens is 1. The molecule has 0 radical (unpaired) electrons. The van der Waals surface area contributed by atoms with Gasteiger partial charge in [-0.25, -0.2) is 4.39 Å². The molecule has 1 aliphatic heterocycles. The van der Waals surface area contributed by atoms with Crippen LogP contribution in [0.1, 0.15) is 28.5 Å². The van der Waals surface area contributed by atoms with Gasteiger partial charge in [0.05, 0.1) is 18.5 Å². The zero-order valence-electron chi connectivity index (χ0n) is 19.9. The average Bonchev–Trinajstić information content (AvgIpc) is 3.56. The Balaban J connectivity index is 1.48. The van der Waals surface area contributed by atoms with Crippen LogP contribution in [-0.2, 0) is 24.4 Å². The number of nitrogens with one attached hydrogen (secondary N) is 1. The first-order valence-electron chi connectivity index (χ1n) is 11.5. The van der Waals surface area contributed by atoms with Crippen molar-refractivity contribution < 1.29 is 18.7 Å². The maximum absolute atomic E-state index is 13.8. The summed E-state index contributed by atoms with van der Waals surface area (Å²) in [5.74, 6) is -0.266. The van der Waals surface area contributed by atoms with Crippen LogP contribution in [0.15, 0.2) is 72.1 Å². The molecule has 3 heterocycles. The van der Waals surface area contributed by atoms with E-state index in [4.69, 9.17) is 4.74 Å². The Kier molecular flexibility index (Phi) is 6.32. The molecule has 0 saturated carbocycles. The van der Waals surface area contributed by atoms with E-state index in [0.717, 1.165) is 16.0 Å². The second-order valence-electron chi connectivity index (χ2n) is 8.88. The summed E-state index contributed by atoms with van der Waals surface area (Å²) in [6.45, 7) is 2.37. The predicted molar refractivity (Wildman–Crippen MR) is 135 cm³/mol. The van der Waals surface area contributed by atoms with Gasteiger partial charge in [-0.1, -0.05) is 30.3 Å². The molecule has 0 aliphatic carbocycles. The van der Waals surface area contributed by atoms with Crippen molar-refractivity contribution in [1.82, 2.24) is 20.0 Å². The summed E-state index contributed by atoms with van der Waals surface area (Å²) in [7, 11) is 1.59. The van der Waals surface area contributed by atoms with Crippen molar-refractivity contribution in [2.45, 2.75) is 32.1 Å². The van der Waals surface area contributed by atoms with Crippen molar-refractivity contribution in [2.24, 2.45) is 0 Å². The highest BCUT2D eigenvalue weighted by Gasteiger charge is 2.48. The lowest BCUT2D eigenvalue weighted by atomic mass is 9.94. The molecule has 2 aromatic carbocycles. The zero-order valence-corrected chi connectivity index (χ0v) is 20.7. The van der Waals surface area contributed by atoms with Crippen LogP contribution in [-0.4, -0.2) is 39.1 Å². The number of amides is 2. The lowest BCUT2D eigenvalue weighted by Crippen LogP contribution is -2.63. The van der Waals surface area contributed by atoms with E-state index in [1.54, 1.807) is 53.2 Å². The van der Waals surface area contributed by atoms with E-state index in [-0.39, 0.29) is 37.3 Å². The van der Waals surface area contributed by atoms with Crippen molar-refractivity contribution in [3.63, 3.8) is 0 Å². The number of carbonyl (C=O) groups excluding carboxylic acids is 2. The molecule has 2 aromatic heterocycles. The summed E-state index contributed by atoms with van der Waals surface area (Å²) in [6.07, 6.45) is 0. The fourth-order valence-electron chi connectivity index (χ4n) is 4.36. The Morgan fingerprint density at radius 3 is 2.67 bits per heavy atom. The van der Waals surface area contributed by atoms with Gasteiger partial charge in [0.15, 0.2) is 0 Å². The highest BCUT2D eigenvalue weighted by Crippen LogP contribution is 2.33. The Labute approximate surface area is 212 Å². The van der Waals surface area contributed by atoms with Crippen molar-refractivity contribution in [3.05, 3.63) is 94.7 Å². The number of aromatic nitrogens is 2. The largest absolute Gasteiger partial charge is 0.497 e. The van der Waals surface area contributed by atoms with Crippen LogP contribution >= 0.6 is 11.3 Å². The first-order valence-corrected chi connectivity index (χ1v) is 12.3. The number of thiophene rings is 1. The molecule has 5 rings (SSSR count). The molecule has 0 bridgehead atoms. The third-order valence-corrected chi connectivity index (χ3v) is 7.29. The van der Waals surface area contributed by atoms with E-state index in [2.05, 4.69) is 10.4 Å². The normalized spacial score (nSPS) is 17.1. The fraction of sp³-hybridized carbons (Fsp3) is 0.222. The minimum absolute atomic E-state index is 0.193. The number of methoxy groups -OCH3 is 1. The molecule has 2 amide bonds. The summed E-state index contributed by atoms with van der Waals surface area (Å²) in [6, 6.07) is 19.1. The van der Waals surface area contributed by atoms with Crippen LogP contribution in [0.4, 0.5) is 4.39 Å². The van der Waals surface area contributed by atoms with Crippen LogP contribution in [0.2, 0.25) is 0 Å². The van der Waals surface area contributed by atoms with Crippen molar-refractivity contribution in [3.8, 4) is 16.3 Å². The van der Waals surface area contributed by atoms with Gasteiger partial charge < -0.3 is 15.0 Å². The quantitative estimate of drug-likeness (QED) is 0.402. The van der Waals surface area contributed by atoms with Gasteiger partial charge in [-0.05, 0) is 59.8 Å². The van der Waals surface area contributed by atoms with E-state index in [9.17, 15) is 14.0 Å². The molecule has 0 unspecified atom stereocenters. The number of fused-ring (bicyclic) bond motifs is 1. The summed E-state index contributed by atoms with van der Waals surface area (Å²) in [5, 5.41) is 9.55. The second-order valence-corrected chi connectivity index (χ2v) is 9.82. The lowest BCUT2D eigenvalue weighted by molar-refractivity contribution is -0.133. The summed E-state index contributed by atoms with van der Waals surface area (Å²) < 4.78 is 20.3. The van der Waals surface area contributed by atoms with Gasteiger partial charge in [0.1, 0.15) is 28.5 Å². The molecular weight excluding hydrogens is 479 g/mol. The van der Waals surface area contributed by atoms with Crippen molar-refractivity contribution >= 4 is 23.2 Å². The van der Waals surface area contributed by atoms with Crippen molar-refractivity contribution in [1.29, 1.82) is 0 Å². The molecule has 1 N–H and O–H groups in total. The Bertz CT molecular complexity index is 1400. The molecular formula is C27H25FN4O3S. The third-order valence-electron chi connectivity index (χ3n) is 6.40. The summed E-state index contributed by atoms with van der Waals surface area (Å²) >= 11 is 1.54. The number of benzene rings is 2. The molecule has 4 aromatic rings. The molecule has 7 nitrogen and oxygen atoms in total. The van der Waals surface area contributed by atoms with Crippen molar-refractivity contribution in [2.75, 3.05) is 7.11 Å². The fourth-order valence-corrected chi connectivity index (χ4v) is 5.04. The summed E-state index contributed by atoms with van der Waals surface area (Å²) in [4.78, 5) is 30.0. The number of carbonyl (C=O) groups is 2. The van der Waals surface area contributed by atoms with Crippen LogP contribution in [0.3, 0.4) is 0 Å². The van der Waals surface area contributed by atoms with Gasteiger partial charge >= 0.3 is 0 Å². The third kappa shape index (κ3) is 4.49. The minimum atomic E-state index is -1.22. The first kappa shape index (κ1) is 23.7. The molecule has 1 atom stereocenters. The van der Waals surface area contributed by atoms with Gasteiger partial charge in [-0.2, -0.15) is 5.10 Å². The highest BCUT2D eigenvalue weighted by molar-refractivity contribution is 7.13. The molecule has 1 aliphatic rings. The number of nitrogens with zero attached hydrogens (tertiary/aromatic N) is 3. The molecule has 0 fully saturated rings. The number of rotatable bonds is 7. The Morgan fingerprint density at radius 1 is 1.14 bits per heavy atom. The maximum Gasteiger partial charge on any atom is 0.273 e. The van der Waals surface area contributed by atoms with E-state index < -0.39 is 5.54 Å². The number of ether oxygens (including phenoxy) is 1. The first-order chi connectivity index (χ1) is 17.4. The molecule has 0 spiro atoms. The monoisotopic (exact) mass is 504 g/mol. The average molecular weight is 505 g/mol.